The maximum absolute atomic E-state index is 13.2. The normalized spacial score (nSPS) is 18.7. The highest BCUT2D eigenvalue weighted by Gasteiger charge is 2.32. The van der Waals surface area contributed by atoms with E-state index in [0.717, 1.165) is 16.7 Å². The van der Waals surface area contributed by atoms with Crippen molar-refractivity contribution < 1.29 is 28.2 Å². The summed E-state index contributed by atoms with van der Waals surface area (Å²) in [6.45, 7) is 5.86. The predicted octanol–water partition coefficient (Wildman–Crippen LogP) is 3.39. The quantitative estimate of drug-likeness (QED) is 0.481. The number of nitrogens with zero attached hydrogens (tertiary/aromatic N) is 3. The SMILES string of the molecule is CO[C@H]1CCN(C(=O)OC(C)(C)C)C[C@@H](C(=O)N[C@H](C#N)Cc2ccc(-c3ccc4oc(=O)n(C)c4c3)cc2)OC1. The average Bonchev–Trinajstić information content (AvgIpc) is 3.20. The van der Waals surface area contributed by atoms with Crippen molar-refractivity contribution in [2.24, 2.45) is 7.05 Å². The molecule has 3 aromatic rings. The Morgan fingerprint density at radius 3 is 2.54 bits per heavy atom. The molecule has 218 valence electrons. The molecule has 1 aromatic heterocycles. The van der Waals surface area contributed by atoms with Crippen LogP contribution < -0.4 is 11.1 Å². The maximum Gasteiger partial charge on any atom is 0.419 e. The van der Waals surface area contributed by atoms with Crippen LogP contribution in [0.2, 0.25) is 0 Å². The molecule has 1 aliphatic rings. The number of nitriles is 1. The minimum atomic E-state index is -0.993. The summed E-state index contributed by atoms with van der Waals surface area (Å²) < 4.78 is 23.4. The first-order chi connectivity index (χ1) is 19.5. The Morgan fingerprint density at radius 1 is 1.17 bits per heavy atom. The first-order valence-corrected chi connectivity index (χ1v) is 13.5. The lowest BCUT2D eigenvalue weighted by Gasteiger charge is -2.33. The number of oxazole rings is 1. The van der Waals surface area contributed by atoms with E-state index in [2.05, 4.69) is 11.4 Å². The number of aryl methyl sites for hydroxylation is 1. The third-order valence-corrected chi connectivity index (χ3v) is 6.86. The molecule has 1 fully saturated rings. The Labute approximate surface area is 238 Å². The summed E-state index contributed by atoms with van der Waals surface area (Å²) in [5.41, 5.74) is 3.22. The highest BCUT2D eigenvalue weighted by Crippen LogP contribution is 2.24. The lowest BCUT2D eigenvalue weighted by Crippen LogP contribution is -2.52. The topological polar surface area (TPSA) is 136 Å². The number of hydrogen-bond donors (Lipinski definition) is 1. The van der Waals surface area contributed by atoms with Crippen LogP contribution in [0.4, 0.5) is 4.79 Å². The van der Waals surface area contributed by atoms with Crippen LogP contribution in [-0.2, 0) is 32.5 Å². The molecule has 1 saturated heterocycles. The van der Waals surface area contributed by atoms with Crippen LogP contribution in [0.25, 0.3) is 22.2 Å². The molecule has 1 N–H and O–H groups in total. The van der Waals surface area contributed by atoms with Gasteiger partial charge in [0.15, 0.2) is 11.7 Å². The van der Waals surface area contributed by atoms with E-state index in [4.69, 9.17) is 18.6 Å². The zero-order valence-corrected chi connectivity index (χ0v) is 24.0. The number of amides is 2. The number of ether oxygens (including phenoxy) is 3. The minimum Gasteiger partial charge on any atom is -0.444 e. The van der Waals surface area contributed by atoms with Crippen LogP contribution >= 0.6 is 0 Å². The van der Waals surface area contributed by atoms with E-state index in [-0.39, 0.29) is 25.7 Å². The number of carbonyl (C=O) groups excluding carboxylic acids is 2. The van der Waals surface area contributed by atoms with Crippen molar-refractivity contribution in [3.63, 3.8) is 0 Å². The predicted molar refractivity (Wildman–Crippen MR) is 151 cm³/mol. The van der Waals surface area contributed by atoms with Crippen LogP contribution in [0, 0.1) is 11.3 Å². The summed E-state index contributed by atoms with van der Waals surface area (Å²) in [6, 6.07) is 14.5. The molecule has 0 aliphatic carbocycles. The summed E-state index contributed by atoms with van der Waals surface area (Å²) in [4.78, 5) is 39.2. The van der Waals surface area contributed by atoms with Crippen LogP contribution in [0.1, 0.15) is 32.8 Å². The van der Waals surface area contributed by atoms with Crippen LogP contribution in [0.5, 0.6) is 0 Å². The summed E-state index contributed by atoms with van der Waals surface area (Å²) in [6.07, 6.45) is -1.01. The molecule has 11 nitrogen and oxygen atoms in total. The lowest BCUT2D eigenvalue weighted by molar-refractivity contribution is -0.139. The van der Waals surface area contributed by atoms with Gasteiger partial charge in [-0.15, -0.1) is 0 Å². The standard InChI is InChI=1S/C30H36N4O7/c1-30(2,3)41-29(37)34-13-12-23(38-5)18-39-26(17-34)27(35)32-22(16-31)14-19-6-8-20(9-7-19)21-10-11-25-24(15-21)33(4)28(36)40-25/h6-11,15,22-23,26H,12-14,17-18H2,1-5H3,(H,32,35)/t22-,23-,26-/m0/s1. The Bertz CT molecular complexity index is 1480. The van der Waals surface area contributed by atoms with Crippen molar-refractivity contribution in [2.45, 2.75) is 57.5 Å². The van der Waals surface area contributed by atoms with Gasteiger partial charge in [0, 0.05) is 27.1 Å². The third kappa shape index (κ3) is 7.54. The van der Waals surface area contributed by atoms with Gasteiger partial charge in [0.1, 0.15) is 11.6 Å². The fraction of sp³-hybridized carbons (Fsp3) is 0.467. The van der Waals surface area contributed by atoms with Gasteiger partial charge in [-0.3, -0.25) is 9.36 Å². The number of benzene rings is 2. The highest BCUT2D eigenvalue weighted by molar-refractivity contribution is 5.83. The molecule has 2 amide bonds. The molecule has 41 heavy (non-hydrogen) atoms. The first-order valence-electron chi connectivity index (χ1n) is 13.5. The van der Waals surface area contributed by atoms with Crippen molar-refractivity contribution >= 4 is 23.1 Å². The van der Waals surface area contributed by atoms with Gasteiger partial charge in [-0.2, -0.15) is 5.26 Å². The van der Waals surface area contributed by atoms with Crippen LogP contribution in [0.3, 0.4) is 0 Å². The summed E-state index contributed by atoms with van der Waals surface area (Å²) in [5.74, 6) is -0.907. The van der Waals surface area contributed by atoms with Gasteiger partial charge in [-0.1, -0.05) is 30.3 Å². The van der Waals surface area contributed by atoms with E-state index in [1.165, 1.54) is 9.47 Å². The van der Waals surface area contributed by atoms with Crippen LogP contribution in [0.15, 0.2) is 51.7 Å². The summed E-state index contributed by atoms with van der Waals surface area (Å²) in [7, 11) is 3.21. The molecule has 0 unspecified atom stereocenters. The zero-order chi connectivity index (χ0) is 29.7. The number of aromatic nitrogens is 1. The first kappa shape index (κ1) is 29.8. The van der Waals surface area contributed by atoms with E-state index >= 15 is 0 Å². The molecule has 2 aromatic carbocycles. The van der Waals surface area contributed by atoms with Gasteiger partial charge < -0.3 is 28.8 Å². The second-order valence-corrected chi connectivity index (χ2v) is 11.1. The molecule has 0 bridgehead atoms. The Balaban J connectivity index is 1.42. The van der Waals surface area contributed by atoms with Crippen molar-refractivity contribution in [3.05, 3.63) is 58.6 Å². The third-order valence-electron chi connectivity index (χ3n) is 6.86. The fourth-order valence-corrected chi connectivity index (χ4v) is 4.56. The van der Waals surface area contributed by atoms with Crippen molar-refractivity contribution in [2.75, 3.05) is 26.8 Å². The minimum absolute atomic E-state index is 0.00334. The van der Waals surface area contributed by atoms with Gasteiger partial charge in [0.25, 0.3) is 5.91 Å². The number of hydrogen-bond acceptors (Lipinski definition) is 8. The molecule has 11 heteroatoms. The number of methoxy groups -OCH3 is 1. The fourth-order valence-electron chi connectivity index (χ4n) is 4.56. The number of nitrogens with one attached hydrogen (secondary N) is 1. The monoisotopic (exact) mass is 564 g/mol. The highest BCUT2D eigenvalue weighted by atomic mass is 16.6. The van der Waals surface area contributed by atoms with E-state index in [9.17, 15) is 19.6 Å². The van der Waals surface area contributed by atoms with Crippen molar-refractivity contribution in [1.82, 2.24) is 14.8 Å². The second-order valence-electron chi connectivity index (χ2n) is 11.1. The van der Waals surface area contributed by atoms with Crippen LogP contribution in [-0.4, -0.2) is 72.1 Å². The molecule has 4 rings (SSSR count). The Hall–Kier alpha value is -4.14. The number of carbonyl (C=O) groups is 2. The summed E-state index contributed by atoms with van der Waals surface area (Å²) >= 11 is 0. The van der Waals surface area contributed by atoms with E-state index in [0.29, 0.717) is 24.1 Å². The Morgan fingerprint density at radius 2 is 1.88 bits per heavy atom. The summed E-state index contributed by atoms with van der Waals surface area (Å²) in [5, 5.41) is 12.6. The molecule has 0 saturated carbocycles. The second kappa shape index (κ2) is 12.6. The van der Waals surface area contributed by atoms with E-state index < -0.39 is 35.5 Å². The molecule has 0 radical (unpaired) electrons. The van der Waals surface area contributed by atoms with Crippen molar-refractivity contribution in [1.29, 1.82) is 5.26 Å². The van der Waals surface area contributed by atoms with E-state index in [1.54, 1.807) is 41.0 Å². The molecule has 0 spiro atoms. The maximum atomic E-state index is 13.2. The zero-order valence-electron chi connectivity index (χ0n) is 24.0. The number of fused-ring (bicyclic) bond motifs is 1. The molecular weight excluding hydrogens is 528 g/mol. The largest absolute Gasteiger partial charge is 0.444 e. The smallest absolute Gasteiger partial charge is 0.419 e. The van der Waals surface area contributed by atoms with Gasteiger partial charge in [-0.25, -0.2) is 9.59 Å². The molecule has 3 atom stereocenters. The van der Waals surface area contributed by atoms with Gasteiger partial charge >= 0.3 is 11.8 Å². The molecular formula is C30H36N4O7. The van der Waals surface area contributed by atoms with Gasteiger partial charge in [0.05, 0.1) is 30.8 Å². The lowest BCUT2D eigenvalue weighted by atomic mass is 10.0. The van der Waals surface area contributed by atoms with Gasteiger partial charge in [0.2, 0.25) is 0 Å². The average molecular weight is 565 g/mol. The van der Waals surface area contributed by atoms with Crippen molar-refractivity contribution in [3.8, 4) is 17.2 Å². The van der Waals surface area contributed by atoms with Gasteiger partial charge in [-0.05, 0) is 56.0 Å². The number of rotatable bonds is 6. The Kier molecular flexibility index (Phi) is 9.15. The molecule has 1 aliphatic heterocycles. The molecule has 2 heterocycles. The van der Waals surface area contributed by atoms with E-state index in [1.807, 2.05) is 36.4 Å².